The van der Waals surface area contributed by atoms with Crippen LogP contribution < -0.4 is 20.1 Å². The zero-order valence-electron chi connectivity index (χ0n) is 16.7. The van der Waals surface area contributed by atoms with Crippen LogP contribution in [-0.4, -0.2) is 65.4 Å². The first kappa shape index (κ1) is 23.1. The number of methoxy groups -OCH3 is 1. The highest BCUT2D eigenvalue weighted by Gasteiger charge is 2.29. The van der Waals surface area contributed by atoms with E-state index < -0.39 is 12.8 Å². The predicted octanol–water partition coefficient (Wildman–Crippen LogP) is 2.50. The van der Waals surface area contributed by atoms with Gasteiger partial charge >= 0.3 is 6.18 Å². The second-order valence-corrected chi connectivity index (χ2v) is 6.45. The Balaban J connectivity index is 1.73. The molecule has 1 heterocycles. The van der Waals surface area contributed by atoms with Crippen molar-refractivity contribution in [2.45, 2.75) is 31.7 Å². The molecule has 1 aliphatic heterocycles. The highest BCUT2D eigenvalue weighted by atomic mass is 19.4. The van der Waals surface area contributed by atoms with Crippen LogP contribution in [0.5, 0.6) is 11.5 Å². The first-order valence-corrected chi connectivity index (χ1v) is 9.41. The second kappa shape index (κ2) is 11.7. The molecule has 0 spiro atoms. The molecule has 1 unspecified atom stereocenters. The molecule has 164 valence electrons. The molecule has 0 bridgehead atoms. The van der Waals surface area contributed by atoms with Crippen molar-refractivity contribution in [3.63, 3.8) is 0 Å². The van der Waals surface area contributed by atoms with Gasteiger partial charge in [0.15, 0.2) is 24.1 Å². The zero-order chi connectivity index (χ0) is 21.1. The maximum Gasteiger partial charge on any atom is 0.422 e. The molecule has 2 rings (SSSR count). The molecular formula is C19H28F3N3O4. The maximum absolute atomic E-state index is 12.3. The Hall–Kier alpha value is -2.20. The number of alkyl halides is 3. The van der Waals surface area contributed by atoms with E-state index >= 15 is 0 Å². The molecule has 1 saturated heterocycles. The van der Waals surface area contributed by atoms with Crippen LogP contribution in [0.25, 0.3) is 0 Å². The van der Waals surface area contributed by atoms with E-state index in [1.54, 1.807) is 19.2 Å². The van der Waals surface area contributed by atoms with Crippen molar-refractivity contribution < 1.29 is 32.1 Å². The highest BCUT2D eigenvalue weighted by molar-refractivity contribution is 5.79. The third-order valence-electron chi connectivity index (χ3n) is 4.16. The number of rotatable bonds is 10. The lowest BCUT2D eigenvalue weighted by Crippen LogP contribution is -2.37. The van der Waals surface area contributed by atoms with Gasteiger partial charge in [-0.2, -0.15) is 13.2 Å². The molecule has 10 heteroatoms. The number of benzene rings is 1. The Morgan fingerprint density at radius 3 is 2.76 bits per heavy atom. The number of nitrogens with zero attached hydrogens (tertiary/aromatic N) is 1. The van der Waals surface area contributed by atoms with Crippen LogP contribution in [0, 0.1) is 0 Å². The Bertz CT molecular complexity index is 650. The highest BCUT2D eigenvalue weighted by Crippen LogP contribution is 2.29. The Morgan fingerprint density at radius 1 is 1.28 bits per heavy atom. The van der Waals surface area contributed by atoms with E-state index in [1.165, 1.54) is 13.2 Å². The van der Waals surface area contributed by atoms with Crippen LogP contribution in [0.3, 0.4) is 0 Å². The van der Waals surface area contributed by atoms with Gasteiger partial charge in [-0.3, -0.25) is 4.99 Å². The second-order valence-electron chi connectivity index (χ2n) is 6.45. The average molecular weight is 419 g/mol. The van der Waals surface area contributed by atoms with E-state index in [0.29, 0.717) is 32.3 Å². The zero-order valence-corrected chi connectivity index (χ0v) is 16.7. The molecule has 0 amide bonds. The van der Waals surface area contributed by atoms with Gasteiger partial charge in [-0.05, 0) is 30.5 Å². The Kier molecular flexibility index (Phi) is 9.33. The van der Waals surface area contributed by atoms with Crippen molar-refractivity contribution in [2.24, 2.45) is 4.99 Å². The van der Waals surface area contributed by atoms with Crippen LogP contribution in [0.2, 0.25) is 0 Å². The minimum atomic E-state index is -4.40. The molecule has 0 saturated carbocycles. The minimum Gasteiger partial charge on any atom is -0.493 e. The molecule has 1 aromatic rings. The van der Waals surface area contributed by atoms with Crippen molar-refractivity contribution >= 4 is 5.96 Å². The number of hydrogen-bond acceptors (Lipinski definition) is 5. The van der Waals surface area contributed by atoms with Crippen LogP contribution in [0.4, 0.5) is 13.2 Å². The molecule has 2 N–H and O–H groups in total. The fourth-order valence-electron chi connectivity index (χ4n) is 2.68. The monoisotopic (exact) mass is 419 g/mol. The van der Waals surface area contributed by atoms with E-state index in [4.69, 9.17) is 18.9 Å². The summed E-state index contributed by atoms with van der Waals surface area (Å²) in [5, 5.41) is 6.34. The molecular weight excluding hydrogens is 391 g/mol. The maximum atomic E-state index is 12.3. The van der Waals surface area contributed by atoms with E-state index in [1.807, 2.05) is 0 Å². The van der Waals surface area contributed by atoms with Crippen LogP contribution in [-0.2, 0) is 16.0 Å². The summed E-state index contributed by atoms with van der Waals surface area (Å²) in [7, 11) is 3.05. The van der Waals surface area contributed by atoms with E-state index in [9.17, 15) is 13.2 Å². The van der Waals surface area contributed by atoms with Crippen molar-refractivity contribution in [3.05, 3.63) is 23.8 Å². The third-order valence-corrected chi connectivity index (χ3v) is 4.16. The number of ether oxygens (including phenoxy) is 4. The summed E-state index contributed by atoms with van der Waals surface area (Å²) >= 11 is 0. The quantitative estimate of drug-likeness (QED) is 0.345. The largest absolute Gasteiger partial charge is 0.493 e. The van der Waals surface area contributed by atoms with Gasteiger partial charge in [0, 0.05) is 33.4 Å². The van der Waals surface area contributed by atoms with Gasteiger partial charge in [0.1, 0.15) is 0 Å². The van der Waals surface area contributed by atoms with Crippen LogP contribution in [0.15, 0.2) is 23.2 Å². The standard InChI is InChI=1S/C19H28F3N3O4/c1-23-18(24-7-3-8-28-15-6-9-27-12-15)25-11-14-4-5-16(17(10-14)26-2)29-13-19(20,21)22/h4-5,10,15H,3,6-9,11-13H2,1-2H3,(H2,23,24,25). The van der Waals surface area contributed by atoms with Gasteiger partial charge in [-0.1, -0.05) is 6.07 Å². The molecule has 0 radical (unpaired) electrons. The Morgan fingerprint density at radius 2 is 2.10 bits per heavy atom. The fourth-order valence-corrected chi connectivity index (χ4v) is 2.68. The lowest BCUT2D eigenvalue weighted by atomic mass is 10.2. The average Bonchev–Trinajstić information content (AvgIpc) is 3.21. The van der Waals surface area contributed by atoms with Crippen LogP contribution in [0.1, 0.15) is 18.4 Å². The molecule has 0 aliphatic carbocycles. The summed E-state index contributed by atoms with van der Waals surface area (Å²) < 4.78 is 57.8. The SMILES string of the molecule is CN=C(NCCCOC1CCOC1)NCc1ccc(OCC(F)(F)F)c(OC)c1. The van der Waals surface area contributed by atoms with Crippen molar-refractivity contribution in [1.82, 2.24) is 10.6 Å². The predicted molar refractivity (Wildman–Crippen MR) is 103 cm³/mol. The number of aliphatic imine (C=N–C) groups is 1. The molecule has 1 fully saturated rings. The van der Waals surface area contributed by atoms with E-state index in [0.717, 1.165) is 25.0 Å². The van der Waals surface area contributed by atoms with Crippen molar-refractivity contribution in [2.75, 3.05) is 47.1 Å². The first-order valence-electron chi connectivity index (χ1n) is 9.41. The molecule has 7 nitrogen and oxygen atoms in total. The van der Waals surface area contributed by atoms with Gasteiger partial charge in [-0.15, -0.1) is 0 Å². The van der Waals surface area contributed by atoms with Gasteiger partial charge in [0.25, 0.3) is 0 Å². The molecule has 29 heavy (non-hydrogen) atoms. The first-order chi connectivity index (χ1) is 13.9. The lowest BCUT2D eigenvalue weighted by molar-refractivity contribution is -0.153. The number of nitrogens with one attached hydrogen (secondary N) is 2. The summed E-state index contributed by atoms with van der Waals surface area (Å²) in [6, 6.07) is 4.76. The molecule has 0 aromatic heterocycles. The van der Waals surface area contributed by atoms with Gasteiger partial charge < -0.3 is 29.6 Å². The summed E-state index contributed by atoms with van der Waals surface area (Å²) in [4.78, 5) is 4.15. The summed E-state index contributed by atoms with van der Waals surface area (Å²) in [6.07, 6.45) is -2.43. The normalized spacial score (nSPS) is 17.3. The van der Waals surface area contributed by atoms with Gasteiger partial charge in [0.2, 0.25) is 0 Å². The van der Waals surface area contributed by atoms with Crippen molar-refractivity contribution in [1.29, 1.82) is 0 Å². The number of guanidine groups is 1. The smallest absolute Gasteiger partial charge is 0.422 e. The lowest BCUT2D eigenvalue weighted by Gasteiger charge is -2.15. The number of halogens is 3. The minimum absolute atomic E-state index is 0.0451. The Labute approximate surface area is 168 Å². The third kappa shape index (κ3) is 8.78. The summed E-state index contributed by atoms with van der Waals surface area (Å²) in [5.41, 5.74) is 0.814. The molecule has 1 aromatic carbocycles. The van der Waals surface area contributed by atoms with Gasteiger partial charge in [-0.25, -0.2) is 0 Å². The number of hydrogen-bond donors (Lipinski definition) is 2. The van der Waals surface area contributed by atoms with Gasteiger partial charge in [0.05, 0.1) is 19.8 Å². The van der Waals surface area contributed by atoms with Crippen molar-refractivity contribution in [3.8, 4) is 11.5 Å². The topological polar surface area (TPSA) is 73.3 Å². The molecule has 1 aliphatic rings. The van der Waals surface area contributed by atoms with Crippen LogP contribution >= 0.6 is 0 Å². The van der Waals surface area contributed by atoms with E-state index in [-0.39, 0.29) is 17.6 Å². The molecule has 1 atom stereocenters. The summed E-state index contributed by atoms with van der Waals surface area (Å²) in [5.74, 6) is 0.902. The fraction of sp³-hybridized carbons (Fsp3) is 0.632. The summed E-state index contributed by atoms with van der Waals surface area (Å²) in [6.45, 7) is 1.83. The van der Waals surface area contributed by atoms with E-state index in [2.05, 4.69) is 15.6 Å².